The summed E-state index contributed by atoms with van der Waals surface area (Å²) in [5.41, 5.74) is 9.63. The number of fused-ring (bicyclic) bond motifs is 8. The zero-order valence-corrected chi connectivity index (χ0v) is 28.4. The van der Waals surface area contributed by atoms with E-state index >= 15 is 0 Å². The number of aromatic nitrogens is 2. The number of sulfone groups is 1. The Bertz CT molecular complexity index is 2560. The molecule has 1 aliphatic heterocycles. The number of rotatable bonds is 4. The minimum absolute atomic E-state index is 0.372. The third-order valence-electron chi connectivity index (χ3n) is 10.7. The van der Waals surface area contributed by atoms with Crippen molar-refractivity contribution in [3.63, 3.8) is 0 Å². The van der Waals surface area contributed by atoms with Crippen LogP contribution >= 0.6 is 0 Å². The van der Waals surface area contributed by atoms with Gasteiger partial charge in [0.25, 0.3) is 0 Å². The topological polar surface area (TPSA) is 44.0 Å². The fourth-order valence-corrected chi connectivity index (χ4v) is 10.4. The molecule has 4 nitrogen and oxygen atoms in total. The van der Waals surface area contributed by atoms with E-state index in [0.717, 1.165) is 46.5 Å². The molecule has 0 fully saturated rings. The molecule has 8 aromatic rings. The van der Waals surface area contributed by atoms with Crippen molar-refractivity contribution >= 4 is 53.4 Å². The molecule has 9 rings (SSSR count). The second kappa shape index (κ2) is 10.2. The summed E-state index contributed by atoms with van der Waals surface area (Å²) < 4.78 is 33.8. The van der Waals surface area contributed by atoms with Gasteiger partial charge in [-0.25, -0.2) is 8.42 Å². The van der Waals surface area contributed by atoms with Crippen molar-refractivity contribution < 1.29 is 8.42 Å². The molecule has 0 bridgehead atoms. The van der Waals surface area contributed by atoms with Crippen LogP contribution in [0.25, 0.3) is 43.6 Å². The van der Waals surface area contributed by atoms with Gasteiger partial charge in [-0.15, -0.1) is 0 Å². The van der Waals surface area contributed by atoms with Gasteiger partial charge in [0.05, 0.1) is 15.2 Å². The van der Waals surface area contributed by atoms with E-state index < -0.39 is 15.3 Å². The first-order chi connectivity index (χ1) is 23.3. The zero-order valence-electron chi connectivity index (χ0n) is 27.6. The summed E-state index contributed by atoms with van der Waals surface area (Å²) in [6.07, 6.45) is 0. The van der Waals surface area contributed by atoms with Crippen LogP contribution in [0.1, 0.15) is 47.2 Å². The number of nitrogens with zero attached hydrogens (tertiary/aromatic N) is 2. The third-order valence-corrected chi connectivity index (χ3v) is 12.6. The van der Waals surface area contributed by atoms with Gasteiger partial charge in [-0.05, 0) is 98.5 Å². The van der Waals surface area contributed by atoms with Crippen molar-refractivity contribution in [1.82, 2.24) is 9.13 Å². The summed E-state index contributed by atoms with van der Waals surface area (Å²) in [5, 5.41) is 4.74. The van der Waals surface area contributed by atoms with E-state index in [1.54, 1.807) is 0 Å². The Morgan fingerprint density at radius 3 is 1.35 bits per heavy atom. The average molecular weight is 645 g/mol. The molecule has 5 heteroatoms. The molecule has 48 heavy (non-hydrogen) atoms. The molecule has 236 valence electrons. The fraction of sp³-hybridized carbons (Fsp3) is 0.163. The first kappa shape index (κ1) is 29.0. The molecule has 0 aliphatic carbocycles. The second-order valence-corrected chi connectivity index (χ2v) is 15.1. The van der Waals surface area contributed by atoms with Crippen LogP contribution in [0.15, 0.2) is 131 Å². The number of aryl methyl sites for hydroxylation is 4. The molecule has 2 aromatic heterocycles. The van der Waals surface area contributed by atoms with E-state index in [4.69, 9.17) is 0 Å². The molecular formula is C43H36N2O2S. The predicted octanol–water partition coefficient (Wildman–Crippen LogP) is 10.1. The number of para-hydroxylation sites is 2. The van der Waals surface area contributed by atoms with E-state index in [0.29, 0.717) is 9.79 Å². The third kappa shape index (κ3) is 3.68. The zero-order chi connectivity index (χ0) is 32.9. The van der Waals surface area contributed by atoms with Crippen LogP contribution in [0.3, 0.4) is 0 Å². The highest BCUT2D eigenvalue weighted by atomic mass is 32.2. The minimum Gasteiger partial charge on any atom is -0.341 e. The first-order valence-electron chi connectivity index (χ1n) is 16.8. The van der Waals surface area contributed by atoms with E-state index in [-0.39, 0.29) is 0 Å². The van der Waals surface area contributed by atoms with E-state index in [1.807, 2.05) is 24.3 Å². The van der Waals surface area contributed by atoms with Crippen molar-refractivity contribution in [2.24, 2.45) is 0 Å². The summed E-state index contributed by atoms with van der Waals surface area (Å²) in [4.78, 5) is 0.744. The van der Waals surface area contributed by atoms with Crippen molar-refractivity contribution in [2.75, 3.05) is 0 Å². The molecule has 0 saturated carbocycles. The van der Waals surface area contributed by atoms with Crippen molar-refractivity contribution in [3.05, 3.63) is 155 Å². The predicted molar refractivity (Wildman–Crippen MR) is 197 cm³/mol. The van der Waals surface area contributed by atoms with Gasteiger partial charge in [-0.2, -0.15) is 0 Å². The van der Waals surface area contributed by atoms with Crippen LogP contribution in [-0.2, 0) is 28.3 Å². The highest BCUT2D eigenvalue weighted by Crippen LogP contribution is 2.55. The van der Waals surface area contributed by atoms with Crippen LogP contribution in [0.4, 0.5) is 0 Å². The van der Waals surface area contributed by atoms with Gasteiger partial charge < -0.3 is 9.13 Å². The molecule has 1 aliphatic rings. The lowest BCUT2D eigenvalue weighted by Gasteiger charge is -2.42. The van der Waals surface area contributed by atoms with Gasteiger partial charge in [0.15, 0.2) is 0 Å². The normalized spacial score (nSPS) is 14.9. The molecule has 0 amide bonds. The van der Waals surface area contributed by atoms with Crippen molar-refractivity contribution in [3.8, 4) is 0 Å². The largest absolute Gasteiger partial charge is 0.341 e. The lowest BCUT2D eigenvalue weighted by molar-refractivity contribution is 0.578. The Morgan fingerprint density at radius 1 is 0.500 bits per heavy atom. The molecule has 0 saturated heterocycles. The number of hydrogen-bond donors (Lipinski definition) is 0. The molecule has 0 radical (unpaired) electrons. The van der Waals surface area contributed by atoms with Gasteiger partial charge in [0.1, 0.15) is 0 Å². The molecular weight excluding hydrogens is 609 g/mol. The summed E-state index contributed by atoms with van der Waals surface area (Å²) in [7, 11) is -3.78. The van der Waals surface area contributed by atoms with Crippen LogP contribution in [-0.4, -0.2) is 17.6 Å². The molecule has 6 aromatic carbocycles. The summed E-state index contributed by atoms with van der Waals surface area (Å²) in [6.45, 7) is 10.2. The van der Waals surface area contributed by atoms with Crippen LogP contribution < -0.4 is 0 Å². The quantitative estimate of drug-likeness (QED) is 0.191. The lowest BCUT2D eigenvalue weighted by Crippen LogP contribution is -2.37. The smallest absolute Gasteiger partial charge is 0.207 e. The number of hydrogen-bond acceptors (Lipinski definition) is 2. The number of benzene rings is 6. The standard InChI is InChI=1S/C43H36N2O2S/c1-5-44-37-13-9-7-11-31(37)33-25-29(17-19-39(33)44)43(30-18-20-40-34(26-30)32-12-8-10-14-38(32)45(40)6-2)35-23-27(3)15-21-41(35)48(46,47)42-22-16-28(4)24-36(42)43/h7-26H,5-6H2,1-4H3. The summed E-state index contributed by atoms with van der Waals surface area (Å²) in [5.74, 6) is 0. The lowest BCUT2D eigenvalue weighted by atomic mass is 9.64. The Morgan fingerprint density at radius 2 is 0.917 bits per heavy atom. The van der Waals surface area contributed by atoms with Gasteiger partial charge in [-0.1, -0.05) is 83.9 Å². The second-order valence-electron chi connectivity index (χ2n) is 13.2. The molecule has 0 N–H and O–H groups in total. The van der Waals surface area contributed by atoms with E-state index in [9.17, 15) is 8.42 Å². The maximum absolute atomic E-state index is 14.5. The summed E-state index contributed by atoms with van der Waals surface area (Å²) in [6, 6.07) is 42.5. The van der Waals surface area contributed by atoms with E-state index in [1.165, 1.54) is 43.6 Å². The van der Waals surface area contributed by atoms with Crippen LogP contribution in [0, 0.1) is 13.8 Å². The molecule has 0 atom stereocenters. The first-order valence-corrected chi connectivity index (χ1v) is 18.3. The van der Waals surface area contributed by atoms with Crippen molar-refractivity contribution in [2.45, 2.75) is 56.0 Å². The Hall–Kier alpha value is -5.13. The van der Waals surface area contributed by atoms with Gasteiger partial charge >= 0.3 is 0 Å². The van der Waals surface area contributed by atoms with Gasteiger partial charge in [0.2, 0.25) is 9.84 Å². The Kier molecular flexibility index (Phi) is 6.16. The SMILES string of the molecule is CCn1c2ccccc2c2cc(C3(c4ccc5c(c4)c4ccccc4n5CC)c4cc(C)ccc4S(=O)(=O)c4ccc(C)cc43)ccc21. The highest BCUT2D eigenvalue weighted by molar-refractivity contribution is 7.91. The Labute approximate surface area is 280 Å². The van der Waals surface area contributed by atoms with Crippen molar-refractivity contribution in [1.29, 1.82) is 0 Å². The van der Waals surface area contributed by atoms with Crippen LogP contribution in [0.2, 0.25) is 0 Å². The molecule has 0 unspecified atom stereocenters. The molecule has 3 heterocycles. The minimum atomic E-state index is -3.78. The van der Waals surface area contributed by atoms with Crippen LogP contribution in [0.5, 0.6) is 0 Å². The molecule has 0 spiro atoms. The summed E-state index contributed by atoms with van der Waals surface area (Å²) >= 11 is 0. The fourth-order valence-electron chi connectivity index (χ4n) is 8.65. The highest BCUT2D eigenvalue weighted by Gasteiger charge is 2.49. The maximum atomic E-state index is 14.5. The van der Waals surface area contributed by atoms with E-state index in [2.05, 4.69) is 134 Å². The average Bonchev–Trinajstić information content (AvgIpc) is 3.60. The van der Waals surface area contributed by atoms with Gasteiger partial charge in [-0.3, -0.25) is 0 Å². The Balaban J connectivity index is 1.51. The van der Waals surface area contributed by atoms with Gasteiger partial charge in [0, 0.05) is 56.7 Å². The monoisotopic (exact) mass is 644 g/mol. The maximum Gasteiger partial charge on any atom is 0.207 e.